The maximum absolute atomic E-state index is 12.1. The minimum absolute atomic E-state index is 0.214. The number of rotatable bonds is 8. The Bertz CT molecular complexity index is 521. The molecule has 0 aromatic heterocycles. The molecule has 0 saturated carbocycles. The lowest BCUT2D eigenvalue weighted by atomic mass is 9.99. The molecular formula is C15H18O5S. The van der Waals surface area contributed by atoms with E-state index in [2.05, 4.69) is 0 Å². The zero-order valence-corrected chi connectivity index (χ0v) is 12.7. The lowest BCUT2D eigenvalue weighted by Gasteiger charge is -2.11. The smallest absolute Gasteiger partial charge is 0.317 e. The molecule has 0 aliphatic rings. The van der Waals surface area contributed by atoms with Crippen LogP contribution in [0.5, 0.6) is 0 Å². The standard InChI is InChI=1S/C15H18O5S/c1-9(2)10-3-5-11(6-4-10)12(16)7-13(15(19)20)21-8-14(17)18/h3-6,9,13H,7-8H2,1-2H3,(H,17,18)(H,19,20)/t13-/m0/s1. The predicted molar refractivity (Wildman–Crippen MR) is 81.0 cm³/mol. The topological polar surface area (TPSA) is 91.7 Å². The Hall–Kier alpha value is -1.82. The Balaban J connectivity index is 2.72. The summed E-state index contributed by atoms with van der Waals surface area (Å²) in [5.41, 5.74) is 1.54. The van der Waals surface area contributed by atoms with Crippen LogP contribution in [-0.4, -0.2) is 38.9 Å². The third-order valence-electron chi connectivity index (χ3n) is 2.95. The van der Waals surface area contributed by atoms with Gasteiger partial charge in [0.15, 0.2) is 5.78 Å². The summed E-state index contributed by atoms with van der Waals surface area (Å²) in [6.07, 6.45) is -0.214. The minimum atomic E-state index is -1.17. The van der Waals surface area contributed by atoms with Crippen LogP contribution in [0.4, 0.5) is 0 Å². The molecule has 0 heterocycles. The molecule has 0 aliphatic carbocycles. The molecule has 5 nitrogen and oxygen atoms in total. The molecule has 2 N–H and O–H groups in total. The summed E-state index contributed by atoms with van der Waals surface area (Å²) in [6, 6.07) is 7.05. The van der Waals surface area contributed by atoms with Gasteiger partial charge in [-0.2, -0.15) is 0 Å². The van der Waals surface area contributed by atoms with Crippen LogP contribution < -0.4 is 0 Å². The number of Topliss-reactive ketones (excluding diaryl/α,β-unsaturated/α-hetero) is 1. The Labute approximate surface area is 127 Å². The number of carbonyl (C=O) groups is 3. The van der Waals surface area contributed by atoms with E-state index in [4.69, 9.17) is 10.2 Å². The van der Waals surface area contributed by atoms with E-state index in [1.807, 2.05) is 26.0 Å². The molecule has 0 saturated heterocycles. The Morgan fingerprint density at radius 3 is 2.10 bits per heavy atom. The highest BCUT2D eigenvalue weighted by Crippen LogP contribution is 2.20. The molecule has 114 valence electrons. The molecular weight excluding hydrogens is 292 g/mol. The molecule has 1 atom stereocenters. The van der Waals surface area contributed by atoms with Gasteiger partial charge in [0.05, 0.1) is 5.75 Å². The molecule has 0 unspecified atom stereocenters. The van der Waals surface area contributed by atoms with E-state index in [9.17, 15) is 14.4 Å². The van der Waals surface area contributed by atoms with Gasteiger partial charge in [0.25, 0.3) is 0 Å². The number of aliphatic carboxylic acids is 2. The van der Waals surface area contributed by atoms with Crippen LogP contribution in [0.2, 0.25) is 0 Å². The quantitative estimate of drug-likeness (QED) is 0.717. The third-order valence-corrected chi connectivity index (χ3v) is 4.14. The Morgan fingerprint density at radius 2 is 1.67 bits per heavy atom. The van der Waals surface area contributed by atoms with Gasteiger partial charge in [-0.25, -0.2) is 0 Å². The summed E-state index contributed by atoms with van der Waals surface area (Å²) in [6.45, 7) is 4.08. The van der Waals surface area contributed by atoms with Crippen molar-refractivity contribution in [2.75, 3.05) is 5.75 Å². The van der Waals surface area contributed by atoms with Gasteiger partial charge < -0.3 is 10.2 Å². The van der Waals surface area contributed by atoms with Crippen LogP contribution >= 0.6 is 11.8 Å². The molecule has 0 aliphatic heterocycles. The van der Waals surface area contributed by atoms with Gasteiger partial charge in [0.1, 0.15) is 5.25 Å². The molecule has 1 aromatic carbocycles. The second kappa shape index (κ2) is 7.83. The normalized spacial score (nSPS) is 12.1. The van der Waals surface area contributed by atoms with Gasteiger partial charge in [-0.05, 0) is 11.5 Å². The van der Waals surface area contributed by atoms with Crippen molar-refractivity contribution in [1.29, 1.82) is 0 Å². The second-order valence-corrected chi connectivity index (χ2v) is 6.13. The van der Waals surface area contributed by atoms with Gasteiger partial charge in [-0.3, -0.25) is 14.4 Å². The molecule has 6 heteroatoms. The van der Waals surface area contributed by atoms with Gasteiger partial charge >= 0.3 is 11.9 Å². The monoisotopic (exact) mass is 310 g/mol. The van der Waals surface area contributed by atoms with Crippen molar-refractivity contribution in [2.45, 2.75) is 31.4 Å². The fraction of sp³-hybridized carbons (Fsp3) is 0.400. The molecule has 21 heavy (non-hydrogen) atoms. The first-order chi connectivity index (χ1) is 9.81. The highest BCUT2D eigenvalue weighted by molar-refractivity contribution is 8.01. The number of carboxylic acids is 2. The highest BCUT2D eigenvalue weighted by Gasteiger charge is 2.23. The fourth-order valence-electron chi connectivity index (χ4n) is 1.73. The number of carbonyl (C=O) groups excluding carboxylic acids is 1. The Kier molecular flexibility index (Phi) is 6.42. The van der Waals surface area contributed by atoms with Crippen LogP contribution in [0.25, 0.3) is 0 Å². The molecule has 0 radical (unpaired) electrons. The van der Waals surface area contributed by atoms with E-state index in [0.717, 1.165) is 17.3 Å². The van der Waals surface area contributed by atoms with Crippen molar-refractivity contribution < 1.29 is 24.6 Å². The molecule has 0 bridgehead atoms. The van der Waals surface area contributed by atoms with E-state index < -0.39 is 17.2 Å². The number of hydrogen-bond donors (Lipinski definition) is 2. The summed E-state index contributed by atoms with van der Waals surface area (Å²) in [5, 5.41) is 16.6. The number of benzene rings is 1. The van der Waals surface area contributed by atoms with Crippen LogP contribution in [0, 0.1) is 0 Å². The van der Waals surface area contributed by atoms with Gasteiger partial charge in [-0.1, -0.05) is 38.1 Å². The summed E-state index contributed by atoms with van der Waals surface area (Å²) < 4.78 is 0. The van der Waals surface area contributed by atoms with Crippen molar-refractivity contribution in [3.05, 3.63) is 35.4 Å². The third kappa shape index (κ3) is 5.59. The van der Waals surface area contributed by atoms with Crippen molar-refractivity contribution in [1.82, 2.24) is 0 Å². The fourth-order valence-corrected chi connectivity index (χ4v) is 2.49. The van der Waals surface area contributed by atoms with Gasteiger partial charge in [0, 0.05) is 12.0 Å². The molecule has 1 aromatic rings. The first kappa shape index (κ1) is 17.2. The molecule has 0 fully saturated rings. The van der Waals surface area contributed by atoms with E-state index in [1.54, 1.807) is 12.1 Å². The highest BCUT2D eigenvalue weighted by atomic mass is 32.2. The largest absolute Gasteiger partial charge is 0.481 e. The number of hydrogen-bond acceptors (Lipinski definition) is 4. The van der Waals surface area contributed by atoms with Gasteiger partial charge in [-0.15, -0.1) is 11.8 Å². The number of thioether (sulfide) groups is 1. The summed E-state index contributed by atoms with van der Waals surface area (Å²) in [4.78, 5) is 33.6. The van der Waals surface area contributed by atoms with E-state index in [-0.39, 0.29) is 18.0 Å². The SMILES string of the molecule is CC(C)c1ccc(C(=O)C[C@H](SCC(=O)O)C(=O)O)cc1. The Morgan fingerprint density at radius 1 is 1.10 bits per heavy atom. The lowest BCUT2D eigenvalue weighted by Crippen LogP contribution is -2.22. The van der Waals surface area contributed by atoms with Crippen molar-refractivity contribution >= 4 is 29.5 Å². The zero-order valence-electron chi connectivity index (χ0n) is 11.9. The van der Waals surface area contributed by atoms with Crippen LogP contribution in [0.3, 0.4) is 0 Å². The van der Waals surface area contributed by atoms with Crippen LogP contribution in [0.15, 0.2) is 24.3 Å². The summed E-state index contributed by atoms with van der Waals surface area (Å²) in [5.74, 6) is -2.55. The average Bonchev–Trinajstić information content (AvgIpc) is 2.42. The van der Waals surface area contributed by atoms with Crippen LogP contribution in [-0.2, 0) is 9.59 Å². The molecule has 0 amide bonds. The average molecular weight is 310 g/mol. The van der Waals surface area contributed by atoms with E-state index >= 15 is 0 Å². The first-order valence-corrected chi connectivity index (χ1v) is 7.55. The predicted octanol–water partition coefficient (Wildman–Crippen LogP) is 2.65. The number of carboxylic acid groups (broad SMARTS) is 2. The van der Waals surface area contributed by atoms with Crippen molar-refractivity contribution in [3.8, 4) is 0 Å². The first-order valence-electron chi connectivity index (χ1n) is 6.50. The van der Waals surface area contributed by atoms with E-state index in [1.165, 1.54) is 0 Å². The zero-order chi connectivity index (χ0) is 16.0. The summed E-state index contributed by atoms with van der Waals surface area (Å²) in [7, 11) is 0. The second-order valence-electron chi connectivity index (χ2n) is 4.94. The maximum atomic E-state index is 12.1. The maximum Gasteiger partial charge on any atom is 0.317 e. The van der Waals surface area contributed by atoms with E-state index in [0.29, 0.717) is 11.5 Å². The van der Waals surface area contributed by atoms with Crippen molar-refractivity contribution in [2.24, 2.45) is 0 Å². The van der Waals surface area contributed by atoms with Crippen molar-refractivity contribution in [3.63, 3.8) is 0 Å². The summed E-state index contributed by atoms with van der Waals surface area (Å²) >= 11 is 0.749. The number of ketones is 1. The van der Waals surface area contributed by atoms with Crippen LogP contribution in [0.1, 0.15) is 42.1 Å². The molecule has 1 rings (SSSR count). The molecule has 0 spiro atoms. The van der Waals surface area contributed by atoms with Gasteiger partial charge in [0.2, 0.25) is 0 Å². The minimum Gasteiger partial charge on any atom is -0.481 e. The lowest BCUT2D eigenvalue weighted by molar-refractivity contribution is -0.136.